The number of para-hydroxylation sites is 1. The summed E-state index contributed by atoms with van der Waals surface area (Å²) >= 11 is 0. The first-order chi connectivity index (χ1) is 12.5. The molecule has 3 rings (SSSR count). The molecule has 0 saturated carbocycles. The fraction of sp³-hybridized carbons (Fsp3) is 0.421. The minimum atomic E-state index is -0.859. The van der Waals surface area contributed by atoms with Crippen LogP contribution in [0.1, 0.15) is 30.7 Å². The summed E-state index contributed by atoms with van der Waals surface area (Å²) < 4.78 is 1.80. The van der Waals surface area contributed by atoms with Crippen LogP contribution in [0.3, 0.4) is 0 Å². The molecule has 0 spiro atoms. The Morgan fingerprint density at radius 3 is 2.65 bits per heavy atom. The maximum absolute atomic E-state index is 12.5. The van der Waals surface area contributed by atoms with Gasteiger partial charge in [-0.3, -0.25) is 14.5 Å². The van der Waals surface area contributed by atoms with Crippen molar-refractivity contribution in [3.8, 4) is 5.69 Å². The Morgan fingerprint density at radius 1 is 1.23 bits per heavy atom. The van der Waals surface area contributed by atoms with Crippen LogP contribution >= 0.6 is 0 Å². The molecule has 1 amide bonds. The number of aliphatic carboxylic acids is 1. The van der Waals surface area contributed by atoms with Gasteiger partial charge in [0.05, 0.1) is 29.3 Å². The van der Waals surface area contributed by atoms with E-state index in [4.69, 9.17) is 0 Å². The second-order valence-electron chi connectivity index (χ2n) is 6.66. The van der Waals surface area contributed by atoms with Crippen molar-refractivity contribution in [3.63, 3.8) is 0 Å². The third-order valence-corrected chi connectivity index (χ3v) is 4.80. The topological polar surface area (TPSA) is 87.5 Å². The molecule has 26 heavy (non-hydrogen) atoms. The van der Waals surface area contributed by atoms with E-state index in [2.05, 4.69) is 10.4 Å². The van der Waals surface area contributed by atoms with Gasteiger partial charge in [0.15, 0.2) is 0 Å². The summed E-state index contributed by atoms with van der Waals surface area (Å²) in [5, 5.41) is 16.8. The highest BCUT2D eigenvalue weighted by atomic mass is 16.4. The molecule has 2 N–H and O–H groups in total. The molecule has 1 aliphatic heterocycles. The van der Waals surface area contributed by atoms with Crippen molar-refractivity contribution in [2.75, 3.05) is 18.4 Å². The van der Waals surface area contributed by atoms with Crippen LogP contribution in [0.15, 0.2) is 30.3 Å². The molecule has 138 valence electrons. The second-order valence-corrected chi connectivity index (χ2v) is 6.66. The first kappa shape index (κ1) is 18.1. The van der Waals surface area contributed by atoms with Gasteiger partial charge < -0.3 is 10.4 Å². The van der Waals surface area contributed by atoms with Crippen molar-refractivity contribution >= 4 is 17.6 Å². The zero-order valence-electron chi connectivity index (χ0n) is 15.1. The van der Waals surface area contributed by atoms with Crippen molar-refractivity contribution in [3.05, 3.63) is 41.7 Å². The van der Waals surface area contributed by atoms with Gasteiger partial charge >= 0.3 is 5.97 Å². The highest BCUT2D eigenvalue weighted by molar-refractivity contribution is 5.93. The molecule has 2 heterocycles. The molecule has 1 aliphatic rings. The summed E-state index contributed by atoms with van der Waals surface area (Å²) in [6.45, 7) is 4.46. The maximum atomic E-state index is 12.5. The Bertz CT molecular complexity index is 801. The molecule has 1 saturated heterocycles. The van der Waals surface area contributed by atoms with E-state index in [1.807, 2.05) is 44.2 Å². The van der Waals surface area contributed by atoms with E-state index >= 15 is 0 Å². The number of nitrogens with one attached hydrogen (secondary N) is 1. The predicted molar refractivity (Wildman–Crippen MR) is 98.5 cm³/mol. The summed E-state index contributed by atoms with van der Waals surface area (Å²) in [6.07, 6.45) is 2.39. The lowest BCUT2D eigenvalue weighted by Crippen LogP contribution is -2.47. The number of rotatable bonds is 5. The number of likely N-dealkylation sites (tertiary alicyclic amines) is 1. The number of nitrogens with zero attached hydrogens (tertiary/aromatic N) is 3. The fourth-order valence-corrected chi connectivity index (χ4v) is 3.47. The second kappa shape index (κ2) is 7.70. The molecule has 1 fully saturated rings. The van der Waals surface area contributed by atoms with Crippen LogP contribution < -0.4 is 5.32 Å². The molecular formula is C19H24N4O3. The first-order valence-electron chi connectivity index (χ1n) is 8.85. The van der Waals surface area contributed by atoms with E-state index in [1.165, 1.54) is 0 Å². The number of carboxylic acid groups (broad SMARTS) is 1. The average molecular weight is 356 g/mol. The molecule has 1 atom stereocenters. The van der Waals surface area contributed by atoms with Crippen molar-refractivity contribution in [2.45, 2.75) is 39.2 Å². The van der Waals surface area contributed by atoms with E-state index in [0.29, 0.717) is 18.7 Å². The van der Waals surface area contributed by atoms with E-state index in [0.717, 1.165) is 29.9 Å². The fourth-order valence-electron chi connectivity index (χ4n) is 3.47. The van der Waals surface area contributed by atoms with Crippen molar-refractivity contribution in [1.82, 2.24) is 14.7 Å². The summed E-state index contributed by atoms with van der Waals surface area (Å²) in [4.78, 5) is 25.6. The molecule has 1 aromatic heterocycles. The van der Waals surface area contributed by atoms with Crippen LogP contribution in [0, 0.1) is 13.8 Å². The third-order valence-electron chi connectivity index (χ3n) is 4.80. The van der Waals surface area contributed by atoms with Crippen LogP contribution in [0.2, 0.25) is 0 Å². The van der Waals surface area contributed by atoms with Gasteiger partial charge in [-0.25, -0.2) is 4.68 Å². The largest absolute Gasteiger partial charge is 0.480 e. The third kappa shape index (κ3) is 3.77. The van der Waals surface area contributed by atoms with Crippen LogP contribution in [0.4, 0.5) is 5.69 Å². The molecule has 1 unspecified atom stereocenters. The summed E-state index contributed by atoms with van der Waals surface area (Å²) in [7, 11) is 0. The van der Waals surface area contributed by atoms with Gasteiger partial charge in [0, 0.05) is 0 Å². The van der Waals surface area contributed by atoms with Gasteiger partial charge in [-0.05, 0) is 45.4 Å². The van der Waals surface area contributed by atoms with Gasteiger partial charge in [-0.1, -0.05) is 24.6 Å². The predicted octanol–water partition coefficient (Wildman–Crippen LogP) is 2.37. The monoisotopic (exact) mass is 356 g/mol. The van der Waals surface area contributed by atoms with Crippen molar-refractivity contribution < 1.29 is 14.7 Å². The first-order valence-corrected chi connectivity index (χ1v) is 8.85. The summed E-state index contributed by atoms with van der Waals surface area (Å²) in [5.74, 6) is -1.07. The number of piperidine rings is 1. The molecule has 7 heteroatoms. The number of carboxylic acids is 1. The minimum Gasteiger partial charge on any atom is -0.480 e. The lowest BCUT2D eigenvalue weighted by molar-refractivity contribution is -0.145. The number of anilines is 1. The summed E-state index contributed by atoms with van der Waals surface area (Å²) in [5.41, 5.74) is 3.18. The quantitative estimate of drug-likeness (QED) is 0.859. The number of benzene rings is 1. The number of aromatic nitrogens is 2. The number of hydrogen-bond donors (Lipinski definition) is 2. The molecule has 0 radical (unpaired) electrons. The number of carbonyl (C=O) groups is 2. The highest BCUT2D eigenvalue weighted by Crippen LogP contribution is 2.23. The molecule has 7 nitrogen and oxygen atoms in total. The van der Waals surface area contributed by atoms with Crippen molar-refractivity contribution in [2.24, 2.45) is 0 Å². The smallest absolute Gasteiger partial charge is 0.320 e. The number of aryl methyl sites for hydroxylation is 1. The molecule has 0 bridgehead atoms. The van der Waals surface area contributed by atoms with Gasteiger partial charge in [-0.15, -0.1) is 0 Å². The standard InChI is InChI=1S/C19H24N4O3/c1-13-18(14(2)23(21-13)15-8-4-3-5-9-15)20-17(24)12-22-11-7-6-10-16(22)19(25)26/h3-5,8-9,16H,6-7,10-12H2,1-2H3,(H,20,24)(H,25,26). The lowest BCUT2D eigenvalue weighted by Gasteiger charge is -2.32. The van der Waals surface area contributed by atoms with Crippen molar-refractivity contribution in [1.29, 1.82) is 0 Å². The lowest BCUT2D eigenvalue weighted by atomic mass is 10.0. The number of amides is 1. The van der Waals surface area contributed by atoms with Crippen LogP contribution in [0.25, 0.3) is 5.69 Å². The van der Waals surface area contributed by atoms with E-state index in [-0.39, 0.29) is 12.5 Å². The summed E-state index contributed by atoms with van der Waals surface area (Å²) in [6, 6.07) is 9.14. The van der Waals surface area contributed by atoms with E-state index in [1.54, 1.807) is 9.58 Å². The van der Waals surface area contributed by atoms with Gasteiger partial charge in [0.1, 0.15) is 6.04 Å². The van der Waals surface area contributed by atoms with Gasteiger partial charge in [0.25, 0.3) is 0 Å². The molecular weight excluding hydrogens is 332 g/mol. The zero-order valence-corrected chi connectivity index (χ0v) is 15.1. The van der Waals surface area contributed by atoms with Crippen LogP contribution in [0.5, 0.6) is 0 Å². The Labute approximate surface area is 152 Å². The Hall–Kier alpha value is -2.67. The van der Waals surface area contributed by atoms with Crippen LogP contribution in [-0.4, -0.2) is 50.8 Å². The van der Waals surface area contributed by atoms with Gasteiger partial charge in [-0.2, -0.15) is 5.10 Å². The van der Waals surface area contributed by atoms with Crippen LogP contribution in [-0.2, 0) is 9.59 Å². The Kier molecular flexibility index (Phi) is 5.37. The van der Waals surface area contributed by atoms with E-state index < -0.39 is 12.0 Å². The zero-order chi connectivity index (χ0) is 18.7. The SMILES string of the molecule is Cc1nn(-c2ccccc2)c(C)c1NC(=O)CN1CCCCC1C(=O)O. The molecule has 2 aromatic rings. The maximum Gasteiger partial charge on any atom is 0.320 e. The number of hydrogen-bond acceptors (Lipinski definition) is 4. The normalized spacial score (nSPS) is 17.8. The Morgan fingerprint density at radius 2 is 1.96 bits per heavy atom. The molecule has 0 aliphatic carbocycles. The molecule has 1 aromatic carbocycles. The number of carbonyl (C=O) groups excluding carboxylic acids is 1. The minimum absolute atomic E-state index is 0.0758. The van der Waals surface area contributed by atoms with Gasteiger partial charge in [0.2, 0.25) is 5.91 Å². The highest BCUT2D eigenvalue weighted by Gasteiger charge is 2.30. The van der Waals surface area contributed by atoms with E-state index in [9.17, 15) is 14.7 Å². The Balaban J connectivity index is 1.73. The average Bonchev–Trinajstić information content (AvgIpc) is 2.91.